The molecule has 0 heterocycles. The summed E-state index contributed by atoms with van der Waals surface area (Å²) in [6.07, 6.45) is 6.44. The first-order valence-electron chi connectivity index (χ1n) is 7.40. The SMILES string of the molecule is COC(C)(C)c1ccc(C2(CN)CCCCC2)cc1. The average molecular weight is 261 g/mol. The quantitative estimate of drug-likeness (QED) is 0.896. The highest BCUT2D eigenvalue weighted by Gasteiger charge is 2.32. The second-order valence-electron chi connectivity index (χ2n) is 6.34. The number of ether oxygens (including phenoxy) is 1. The van der Waals surface area contributed by atoms with Crippen LogP contribution in [0.4, 0.5) is 0 Å². The molecule has 1 saturated carbocycles. The summed E-state index contributed by atoms with van der Waals surface area (Å²) in [6, 6.07) is 8.91. The Balaban J connectivity index is 2.26. The van der Waals surface area contributed by atoms with Crippen LogP contribution in [-0.2, 0) is 15.8 Å². The van der Waals surface area contributed by atoms with Gasteiger partial charge in [0.25, 0.3) is 0 Å². The van der Waals surface area contributed by atoms with Crippen molar-refractivity contribution in [3.05, 3.63) is 35.4 Å². The number of hydrogen-bond donors (Lipinski definition) is 1. The molecule has 1 aromatic rings. The van der Waals surface area contributed by atoms with Crippen LogP contribution in [-0.4, -0.2) is 13.7 Å². The number of hydrogen-bond acceptors (Lipinski definition) is 2. The van der Waals surface area contributed by atoms with Gasteiger partial charge < -0.3 is 10.5 Å². The van der Waals surface area contributed by atoms with E-state index in [1.165, 1.54) is 43.2 Å². The molecule has 2 rings (SSSR count). The lowest BCUT2D eigenvalue weighted by Gasteiger charge is -2.37. The van der Waals surface area contributed by atoms with Gasteiger partial charge in [0.1, 0.15) is 0 Å². The summed E-state index contributed by atoms with van der Waals surface area (Å²) in [4.78, 5) is 0. The van der Waals surface area contributed by atoms with E-state index in [0.717, 1.165) is 6.54 Å². The van der Waals surface area contributed by atoms with Crippen molar-refractivity contribution in [1.82, 2.24) is 0 Å². The number of benzene rings is 1. The molecule has 2 heteroatoms. The lowest BCUT2D eigenvalue weighted by Crippen LogP contribution is -2.37. The van der Waals surface area contributed by atoms with Crippen molar-refractivity contribution in [3.8, 4) is 0 Å². The van der Waals surface area contributed by atoms with E-state index >= 15 is 0 Å². The predicted molar refractivity (Wildman–Crippen MR) is 80.3 cm³/mol. The number of nitrogens with two attached hydrogens (primary N) is 1. The van der Waals surface area contributed by atoms with Crippen molar-refractivity contribution < 1.29 is 4.74 Å². The molecule has 106 valence electrons. The molecule has 1 fully saturated rings. The van der Waals surface area contributed by atoms with Crippen LogP contribution in [0.2, 0.25) is 0 Å². The van der Waals surface area contributed by atoms with Crippen LogP contribution >= 0.6 is 0 Å². The fourth-order valence-corrected chi connectivity index (χ4v) is 3.18. The Kier molecular flexibility index (Phi) is 4.32. The molecule has 0 spiro atoms. The van der Waals surface area contributed by atoms with Gasteiger partial charge in [-0.3, -0.25) is 0 Å². The Bertz CT molecular complexity index is 402. The highest BCUT2D eigenvalue weighted by molar-refractivity contribution is 5.32. The molecule has 2 nitrogen and oxygen atoms in total. The molecule has 0 aliphatic heterocycles. The summed E-state index contributed by atoms with van der Waals surface area (Å²) in [6.45, 7) is 4.96. The zero-order valence-corrected chi connectivity index (χ0v) is 12.5. The zero-order chi connectivity index (χ0) is 13.9. The van der Waals surface area contributed by atoms with E-state index in [1.807, 2.05) is 0 Å². The summed E-state index contributed by atoms with van der Waals surface area (Å²) in [5, 5.41) is 0. The normalized spacial score (nSPS) is 19.4. The molecule has 0 aromatic heterocycles. The Labute approximate surface area is 117 Å². The van der Waals surface area contributed by atoms with Crippen LogP contribution in [0.5, 0.6) is 0 Å². The van der Waals surface area contributed by atoms with Crippen LogP contribution in [0.3, 0.4) is 0 Å². The highest BCUT2D eigenvalue weighted by Crippen LogP contribution is 2.39. The maximum absolute atomic E-state index is 6.10. The topological polar surface area (TPSA) is 35.2 Å². The van der Waals surface area contributed by atoms with Crippen LogP contribution in [0.15, 0.2) is 24.3 Å². The Morgan fingerprint density at radius 1 is 1.11 bits per heavy atom. The molecule has 2 N–H and O–H groups in total. The number of rotatable bonds is 4. The van der Waals surface area contributed by atoms with Crippen molar-refractivity contribution >= 4 is 0 Å². The van der Waals surface area contributed by atoms with Crippen LogP contribution in [0.25, 0.3) is 0 Å². The monoisotopic (exact) mass is 261 g/mol. The highest BCUT2D eigenvalue weighted by atomic mass is 16.5. The minimum atomic E-state index is -0.221. The Hall–Kier alpha value is -0.860. The molecule has 0 bridgehead atoms. The maximum Gasteiger partial charge on any atom is 0.0871 e. The van der Waals surface area contributed by atoms with Crippen molar-refractivity contribution in [2.45, 2.75) is 57.0 Å². The Morgan fingerprint density at radius 2 is 1.68 bits per heavy atom. The molecule has 0 unspecified atom stereocenters. The van der Waals surface area contributed by atoms with Gasteiger partial charge in [0.15, 0.2) is 0 Å². The van der Waals surface area contributed by atoms with E-state index in [4.69, 9.17) is 10.5 Å². The first kappa shape index (κ1) is 14.5. The van der Waals surface area contributed by atoms with E-state index in [-0.39, 0.29) is 11.0 Å². The van der Waals surface area contributed by atoms with Gasteiger partial charge in [-0.05, 0) is 37.8 Å². The first-order chi connectivity index (χ1) is 9.04. The van der Waals surface area contributed by atoms with E-state index in [2.05, 4.69) is 38.1 Å². The van der Waals surface area contributed by atoms with E-state index in [9.17, 15) is 0 Å². The molecule has 1 aromatic carbocycles. The molecular weight excluding hydrogens is 234 g/mol. The van der Waals surface area contributed by atoms with Crippen LogP contribution < -0.4 is 5.73 Å². The molecule has 1 aliphatic rings. The summed E-state index contributed by atoms with van der Waals surface area (Å²) >= 11 is 0. The van der Waals surface area contributed by atoms with Gasteiger partial charge in [-0.25, -0.2) is 0 Å². The van der Waals surface area contributed by atoms with Gasteiger partial charge in [0.2, 0.25) is 0 Å². The summed E-state index contributed by atoms with van der Waals surface area (Å²) in [5.74, 6) is 0. The smallest absolute Gasteiger partial charge is 0.0871 e. The minimum absolute atomic E-state index is 0.216. The van der Waals surface area contributed by atoms with Crippen molar-refractivity contribution in [3.63, 3.8) is 0 Å². The molecule has 0 radical (unpaired) electrons. The maximum atomic E-state index is 6.10. The van der Waals surface area contributed by atoms with E-state index in [1.54, 1.807) is 7.11 Å². The molecule has 1 aliphatic carbocycles. The summed E-state index contributed by atoms with van der Waals surface area (Å²) in [7, 11) is 1.76. The van der Waals surface area contributed by atoms with Gasteiger partial charge in [0, 0.05) is 19.1 Å². The third-order valence-electron chi connectivity index (χ3n) is 4.90. The average Bonchev–Trinajstić information content (AvgIpc) is 2.48. The molecule has 19 heavy (non-hydrogen) atoms. The van der Waals surface area contributed by atoms with Crippen molar-refractivity contribution in [1.29, 1.82) is 0 Å². The van der Waals surface area contributed by atoms with Gasteiger partial charge in [-0.2, -0.15) is 0 Å². The standard InChI is InChI=1S/C17H27NO/c1-16(2,19-3)14-7-9-15(10-8-14)17(13-18)11-5-4-6-12-17/h7-10H,4-6,11-13,18H2,1-3H3. The van der Waals surface area contributed by atoms with Crippen molar-refractivity contribution in [2.24, 2.45) is 5.73 Å². The largest absolute Gasteiger partial charge is 0.374 e. The van der Waals surface area contributed by atoms with Gasteiger partial charge in [-0.1, -0.05) is 43.5 Å². The first-order valence-corrected chi connectivity index (χ1v) is 7.40. The second-order valence-corrected chi connectivity index (χ2v) is 6.34. The zero-order valence-electron chi connectivity index (χ0n) is 12.5. The molecular formula is C17H27NO. The molecule has 0 amide bonds. The predicted octanol–water partition coefficient (Wildman–Crippen LogP) is 3.73. The van der Waals surface area contributed by atoms with Crippen molar-refractivity contribution in [2.75, 3.05) is 13.7 Å². The lowest BCUT2D eigenvalue weighted by atomic mass is 9.69. The fraction of sp³-hybridized carbons (Fsp3) is 0.647. The van der Waals surface area contributed by atoms with Gasteiger partial charge in [-0.15, -0.1) is 0 Å². The third kappa shape index (κ3) is 2.85. The van der Waals surface area contributed by atoms with Gasteiger partial charge >= 0.3 is 0 Å². The lowest BCUT2D eigenvalue weighted by molar-refractivity contribution is 0.0192. The second kappa shape index (κ2) is 5.64. The van der Waals surface area contributed by atoms with Gasteiger partial charge in [0.05, 0.1) is 5.60 Å². The summed E-state index contributed by atoms with van der Waals surface area (Å²) in [5.41, 5.74) is 8.72. The van der Waals surface area contributed by atoms with E-state index in [0.29, 0.717) is 0 Å². The Morgan fingerprint density at radius 3 is 2.16 bits per heavy atom. The molecule has 0 saturated heterocycles. The number of methoxy groups -OCH3 is 1. The van der Waals surface area contributed by atoms with Crippen LogP contribution in [0.1, 0.15) is 57.1 Å². The van der Waals surface area contributed by atoms with E-state index < -0.39 is 0 Å². The minimum Gasteiger partial charge on any atom is -0.374 e. The fourth-order valence-electron chi connectivity index (χ4n) is 3.18. The third-order valence-corrected chi connectivity index (χ3v) is 4.90. The van der Waals surface area contributed by atoms with Crippen LogP contribution in [0, 0.1) is 0 Å². The molecule has 0 atom stereocenters. The summed E-state index contributed by atoms with van der Waals surface area (Å²) < 4.78 is 5.54.